The van der Waals surface area contributed by atoms with E-state index in [1.165, 1.54) is 6.07 Å². The summed E-state index contributed by atoms with van der Waals surface area (Å²) < 4.78 is 16.5. The van der Waals surface area contributed by atoms with Gasteiger partial charge in [-0.1, -0.05) is 22.9 Å². The Morgan fingerprint density at radius 3 is 2.95 bits per heavy atom. The minimum Gasteiger partial charge on any atom is -0.313 e. The number of benzene rings is 1. The van der Waals surface area contributed by atoms with Crippen molar-refractivity contribution in [1.29, 1.82) is 0 Å². The Kier molecular flexibility index (Phi) is 4.71. The molecular weight excluding hydrogens is 309 g/mol. The van der Waals surface area contributed by atoms with E-state index in [9.17, 15) is 4.39 Å². The molecular formula is C14H17BrFN3. The van der Waals surface area contributed by atoms with Crippen LogP contribution in [0.4, 0.5) is 4.39 Å². The van der Waals surface area contributed by atoms with Crippen molar-refractivity contribution in [2.75, 3.05) is 6.54 Å². The largest absolute Gasteiger partial charge is 0.313 e. The third-order valence-electron chi connectivity index (χ3n) is 2.83. The van der Waals surface area contributed by atoms with Crippen LogP contribution >= 0.6 is 15.9 Å². The van der Waals surface area contributed by atoms with E-state index >= 15 is 0 Å². The molecule has 0 spiro atoms. The van der Waals surface area contributed by atoms with Crippen molar-refractivity contribution in [3.8, 4) is 11.3 Å². The molecule has 0 saturated carbocycles. The number of hydrogen-bond acceptors (Lipinski definition) is 2. The number of nitrogens with zero attached hydrogens (tertiary/aromatic N) is 2. The van der Waals surface area contributed by atoms with Gasteiger partial charge in [-0.25, -0.2) is 4.39 Å². The van der Waals surface area contributed by atoms with Gasteiger partial charge in [0, 0.05) is 35.4 Å². The van der Waals surface area contributed by atoms with Crippen molar-refractivity contribution < 1.29 is 4.39 Å². The Morgan fingerprint density at radius 1 is 1.42 bits per heavy atom. The number of hydrogen-bond donors (Lipinski definition) is 1. The van der Waals surface area contributed by atoms with Gasteiger partial charge in [-0.05, 0) is 31.2 Å². The molecule has 1 aromatic carbocycles. The molecule has 2 aromatic rings. The highest BCUT2D eigenvalue weighted by molar-refractivity contribution is 9.10. The predicted molar refractivity (Wildman–Crippen MR) is 78.3 cm³/mol. The van der Waals surface area contributed by atoms with Crippen LogP contribution in [0.3, 0.4) is 0 Å². The summed E-state index contributed by atoms with van der Waals surface area (Å²) in [5.41, 5.74) is 2.24. The molecule has 0 radical (unpaired) electrons. The first-order valence-electron chi connectivity index (χ1n) is 6.30. The molecule has 0 fully saturated rings. The third-order valence-corrected chi connectivity index (χ3v) is 3.32. The van der Waals surface area contributed by atoms with Gasteiger partial charge in [0.2, 0.25) is 0 Å². The number of aromatic nitrogens is 2. The fourth-order valence-electron chi connectivity index (χ4n) is 1.97. The van der Waals surface area contributed by atoms with E-state index in [1.807, 2.05) is 13.2 Å². The standard InChI is InChI=1S/C14H17BrFN3/c1-3-6-17-8-10-9-19(2)18-14(10)12-7-11(15)4-5-13(12)16/h4-5,7,9,17H,3,6,8H2,1-2H3. The Morgan fingerprint density at radius 2 is 2.21 bits per heavy atom. The summed E-state index contributed by atoms with van der Waals surface area (Å²) in [4.78, 5) is 0. The lowest BCUT2D eigenvalue weighted by molar-refractivity contribution is 0.629. The molecule has 5 heteroatoms. The lowest BCUT2D eigenvalue weighted by atomic mass is 10.1. The van der Waals surface area contributed by atoms with Gasteiger partial charge in [0.25, 0.3) is 0 Å². The molecule has 0 aliphatic heterocycles. The van der Waals surface area contributed by atoms with E-state index in [0.29, 0.717) is 17.8 Å². The SMILES string of the molecule is CCCNCc1cn(C)nc1-c1cc(Br)ccc1F. The summed E-state index contributed by atoms with van der Waals surface area (Å²) >= 11 is 3.37. The fourth-order valence-corrected chi connectivity index (χ4v) is 2.33. The molecule has 2 rings (SSSR count). The van der Waals surface area contributed by atoms with Crippen molar-refractivity contribution in [2.45, 2.75) is 19.9 Å². The molecule has 0 aliphatic rings. The molecule has 1 N–H and O–H groups in total. The van der Waals surface area contributed by atoms with Crippen LogP contribution in [0.2, 0.25) is 0 Å². The fraction of sp³-hybridized carbons (Fsp3) is 0.357. The van der Waals surface area contributed by atoms with Crippen molar-refractivity contribution in [3.63, 3.8) is 0 Å². The van der Waals surface area contributed by atoms with Crippen LogP contribution in [0, 0.1) is 5.82 Å². The van der Waals surface area contributed by atoms with Crippen LogP contribution in [-0.4, -0.2) is 16.3 Å². The predicted octanol–water partition coefficient (Wildman–Crippen LogP) is 3.49. The highest BCUT2D eigenvalue weighted by atomic mass is 79.9. The Hall–Kier alpha value is -1.20. The molecule has 1 heterocycles. The highest BCUT2D eigenvalue weighted by Gasteiger charge is 2.14. The van der Waals surface area contributed by atoms with Crippen LogP contribution in [0.15, 0.2) is 28.9 Å². The Bertz CT molecular complexity index is 566. The first-order chi connectivity index (χ1) is 9.11. The van der Waals surface area contributed by atoms with Crippen LogP contribution in [0.1, 0.15) is 18.9 Å². The lowest BCUT2D eigenvalue weighted by Gasteiger charge is -2.05. The van der Waals surface area contributed by atoms with Gasteiger partial charge in [0.05, 0.1) is 5.69 Å². The normalized spacial score (nSPS) is 10.9. The highest BCUT2D eigenvalue weighted by Crippen LogP contribution is 2.27. The van der Waals surface area contributed by atoms with Gasteiger partial charge >= 0.3 is 0 Å². The molecule has 0 bridgehead atoms. The molecule has 102 valence electrons. The van der Waals surface area contributed by atoms with Gasteiger partial charge in [-0.2, -0.15) is 5.10 Å². The summed E-state index contributed by atoms with van der Waals surface area (Å²) in [5.74, 6) is -0.251. The number of nitrogens with one attached hydrogen (secondary N) is 1. The Balaban J connectivity index is 2.35. The van der Waals surface area contributed by atoms with E-state index in [2.05, 4.69) is 33.3 Å². The zero-order chi connectivity index (χ0) is 13.8. The molecule has 0 aliphatic carbocycles. The van der Waals surface area contributed by atoms with Gasteiger partial charge in [-0.15, -0.1) is 0 Å². The summed E-state index contributed by atoms with van der Waals surface area (Å²) in [7, 11) is 1.85. The average molecular weight is 326 g/mol. The van der Waals surface area contributed by atoms with E-state index < -0.39 is 0 Å². The summed E-state index contributed by atoms with van der Waals surface area (Å²) in [6.45, 7) is 3.75. The van der Waals surface area contributed by atoms with Crippen LogP contribution in [0.25, 0.3) is 11.3 Å². The van der Waals surface area contributed by atoms with Crippen LogP contribution in [0.5, 0.6) is 0 Å². The van der Waals surface area contributed by atoms with Crippen LogP contribution < -0.4 is 5.32 Å². The quantitative estimate of drug-likeness (QED) is 0.853. The second-order valence-electron chi connectivity index (χ2n) is 4.48. The maximum atomic E-state index is 13.9. The zero-order valence-electron chi connectivity index (χ0n) is 11.1. The average Bonchev–Trinajstić information content (AvgIpc) is 2.74. The molecule has 19 heavy (non-hydrogen) atoms. The second kappa shape index (κ2) is 6.30. The first-order valence-corrected chi connectivity index (χ1v) is 7.09. The Labute approximate surface area is 121 Å². The van der Waals surface area contributed by atoms with E-state index in [0.717, 1.165) is 23.0 Å². The van der Waals surface area contributed by atoms with E-state index in [1.54, 1.807) is 16.8 Å². The van der Waals surface area contributed by atoms with Gasteiger partial charge in [0.1, 0.15) is 5.82 Å². The van der Waals surface area contributed by atoms with Gasteiger partial charge in [-0.3, -0.25) is 4.68 Å². The first kappa shape index (κ1) is 14.2. The number of rotatable bonds is 5. The third kappa shape index (κ3) is 3.42. The van der Waals surface area contributed by atoms with Crippen molar-refractivity contribution in [3.05, 3.63) is 40.2 Å². The second-order valence-corrected chi connectivity index (χ2v) is 5.39. The number of aryl methyl sites for hydroxylation is 1. The smallest absolute Gasteiger partial charge is 0.132 e. The lowest BCUT2D eigenvalue weighted by Crippen LogP contribution is -2.14. The topological polar surface area (TPSA) is 29.9 Å². The molecule has 0 unspecified atom stereocenters. The van der Waals surface area contributed by atoms with Crippen molar-refractivity contribution >= 4 is 15.9 Å². The monoisotopic (exact) mass is 325 g/mol. The van der Waals surface area contributed by atoms with Crippen molar-refractivity contribution in [1.82, 2.24) is 15.1 Å². The van der Waals surface area contributed by atoms with Crippen LogP contribution in [-0.2, 0) is 13.6 Å². The zero-order valence-corrected chi connectivity index (χ0v) is 12.7. The van der Waals surface area contributed by atoms with E-state index in [4.69, 9.17) is 0 Å². The van der Waals surface area contributed by atoms with Gasteiger partial charge in [0.15, 0.2) is 0 Å². The van der Waals surface area contributed by atoms with Crippen molar-refractivity contribution in [2.24, 2.45) is 7.05 Å². The van der Waals surface area contributed by atoms with Gasteiger partial charge < -0.3 is 5.32 Å². The minimum atomic E-state index is -0.251. The molecule has 0 saturated heterocycles. The minimum absolute atomic E-state index is 0.251. The maximum Gasteiger partial charge on any atom is 0.132 e. The molecule has 0 atom stereocenters. The summed E-state index contributed by atoms with van der Waals surface area (Å²) in [5, 5.41) is 7.70. The maximum absolute atomic E-state index is 13.9. The molecule has 1 aromatic heterocycles. The molecule has 0 amide bonds. The summed E-state index contributed by atoms with van der Waals surface area (Å²) in [6.07, 6.45) is 3.00. The summed E-state index contributed by atoms with van der Waals surface area (Å²) in [6, 6.07) is 4.91. The van der Waals surface area contributed by atoms with E-state index in [-0.39, 0.29) is 5.82 Å². The molecule has 3 nitrogen and oxygen atoms in total. The number of halogens is 2.